The number of aromatic nitrogens is 4. The molecule has 0 amide bonds. The average molecular weight is 252 g/mol. The summed E-state index contributed by atoms with van der Waals surface area (Å²) >= 11 is 0. The molecule has 9 heteroatoms. The zero-order valence-electron chi connectivity index (χ0n) is 8.75. The van der Waals surface area contributed by atoms with Crippen molar-refractivity contribution in [1.82, 2.24) is 19.7 Å². The van der Waals surface area contributed by atoms with Crippen molar-refractivity contribution in [1.29, 1.82) is 5.26 Å². The number of aromatic amines is 1. The Hall–Kier alpha value is -2.34. The van der Waals surface area contributed by atoms with Crippen LogP contribution in [0.3, 0.4) is 0 Å². The van der Waals surface area contributed by atoms with Crippen molar-refractivity contribution in [3.63, 3.8) is 0 Å². The van der Waals surface area contributed by atoms with Gasteiger partial charge in [-0.05, 0) is 0 Å². The van der Waals surface area contributed by atoms with Gasteiger partial charge in [0.2, 0.25) is 0 Å². The lowest BCUT2D eigenvalue weighted by molar-refractivity contribution is 0.598. The van der Waals surface area contributed by atoms with Crippen LogP contribution in [0.15, 0.2) is 23.7 Å². The highest BCUT2D eigenvalue weighted by Crippen LogP contribution is 2.15. The Labute approximate surface area is 97.0 Å². The number of anilines is 1. The van der Waals surface area contributed by atoms with E-state index in [2.05, 4.69) is 19.8 Å². The summed E-state index contributed by atoms with van der Waals surface area (Å²) in [4.78, 5) is 6.08. The molecule has 17 heavy (non-hydrogen) atoms. The van der Waals surface area contributed by atoms with Crippen LogP contribution in [0.25, 0.3) is 0 Å². The third kappa shape index (κ3) is 2.11. The second-order valence-corrected chi connectivity index (χ2v) is 4.85. The minimum absolute atomic E-state index is 0.00963. The Kier molecular flexibility index (Phi) is 2.57. The molecule has 2 heterocycles. The predicted molar refractivity (Wildman–Crippen MR) is 57.3 cm³/mol. The Morgan fingerprint density at radius 2 is 2.35 bits per heavy atom. The Morgan fingerprint density at radius 3 is 2.94 bits per heavy atom. The summed E-state index contributed by atoms with van der Waals surface area (Å²) in [6.07, 6.45) is 3.83. The van der Waals surface area contributed by atoms with Crippen molar-refractivity contribution in [3.05, 3.63) is 24.3 Å². The van der Waals surface area contributed by atoms with E-state index in [0.717, 1.165) is 6.20 Å². The van der Waals surface area contributed by atoms with Crippen LogP contribution >= 0.6 is 0 Å². The molecule has 2 aromatic heterocycles. The number of rotatable bonds is 3. The van der Waals surface area contributed by atoms with E-state index in [1.54, 1.807) is 7.05 Å². The molecule has 0 radical (unpaired) electrons. The van der Waals surface area contributed by atoms with Gasteiger partial charge in [-0.25, -0.2) is 4.98 Å². The molecule has 2 aromatic rings. The first-order valence-corrected chi connectivity index (χ1v) is 5.96. The summed E-state index contributed by atoms with van der Waals surface area (Å²) < 4.78 is 27.2. The smallest absolute Gasteiger partial charge is 0.280 e. The van der Waals surface area contributed by atoms with Gasteiger partial charge in [0.15, 0.2) is 10.8 Å². The average Bonchev–Trinajstić information content (AvgIpc) is 2.86. The molecule has 0 spiro atoms. The van der Waals surface area contributed by atoms with Gasteiger partial charge >= 0.3 is 0 Å². The van der Waals surface area contributed by atoms with Crippen LogP contribution in [-0.4, -0.2) is 28.2 Å². The zero-order chi connectivity index (χ0) is 12.5. The van der Waals surface area contributed by atoms with Crippen molar-refractivity contribution >= 4 is 15.8 Å². The minimum Gasteiger partial charge on any atom is -0.334 e. The summed E-state index contributed by atoms with van der Waals surface area (Å²) in [6.45, 7) is 0. The number of H-pyrrole nitrogens is 1. The number of nitrogens with zero attached hydrogens (tertiary/aromatic N) is 4. The van der Waals surface area contributed by atoms with E-state index in [4.69, 9.17) is 5.26 Å². The van der Waals surface area contributed by atoms with Crippen LogP contribution in [0.5, 0.6) is 0 Å². The maximum Gasteiger partial charge on any atom is 0.280 e. The first-order valence-electron chi connectivity index (χ1n) is 4.48. The fraction of sp³-hybridized carbons (Fsp3) is 0.125. The number of hydrogen-bond acceptors (Lipinski definition) is 5. The van der Waals surface area contributed by atoms with E-state index in [1.165, 1.54) is 17.2 Å². The van der Waals surface area contributed by atoms with E-state index < -0.39 is 10.0 Å². The van der Waals surface area contributed by atoms with Crippen LogP contribution in [0, 0.1) is 11.3 Å². The molecule has 0 aliphatic carbocycles. The molecular weight excluding hydrogens is 244 g/mol. The van der Waals surface area contributed by atoms with Crippen LogP contribution in [0.2, 0.25) is 0 Å². The number of sulfonamides is 1. The van der Waals surface area contributed by atoms with Crippen molar-refractivity contribution in [2.24, 2.45) is 7.05 Å². The van der Waals surface area contributed by atoms with Gasteiger partial charge in [0.05, 0.1) is 12.5 Å². The molecular formula is C8H8N6O2S. The fourth-order valence-corrected chi connectivity index (χ4v) is 2.14. The van der Waals surface area contributed by atoms with Crippen molar-refractivity contribution in [2.45, 2.75) is 5.03 Å². The molecule has 2 rings (SSSR count). The highest BCUT2D eigenvalue weighted by Gasteiger charge is 2.19. The lowest BCUT2D eigenvalue weighted by Crippen LogP contribution is -2.14. The minimum atomic E-state index is -3.78. The molecule has 2 N–H and O–H groups in total. The molecule has 8 nitrogen and oxygen atoms in total. The van der Waals surface area contributed by atoms with Gasteiger partial charge in [-0.2, -0.15) is 18.8 Å². The zero-order valence-corrected chi connectivity index (χ0v) is 9.56. The van der Waals surface area contributed by atoms with Crippen LogP contribution in [-0.2, 0) is 17.1 Å². The highest BCUT2D eigenvalue weighted by molar-refractivity contribution is 7.92. The maximum absolute atomic E-state index is 11.8. The largest absolute Gasteiger partial charge is 0.334 e. The number of nitrogens with one attached hydrogen (secondary N) is 2. The number of nitriles is 1. The van der Waals surface area contributed by atoms with E-state index in [0.29, 0.717) is 0 Å². The normalized spacial score (nSPS) is 11.1. The number of hydrogen-bond donors (Lipinski definition) is 2. The quantitative estimate of drug-likeness (QED) is 0.785. The van der Waals surface area contributed by atoms with E-state index in [-0.39, 0.29) is 16.4 Å². The van der Waals surface area contributed by atoms with Gasteiger partial charge in [-0.15, -0.1) is 0 Å². The fourth-order valence-electron chi connectivity index (χ4n) is 1.22. The van der Waals surface area contributed by atoms with Gasteiger partial charge in [-0.3, -0.25) is 9.40 Å². The van der Waals surface area contributed by atoms with Crippen LogP contribution in [0.1, 0.15) is 5.56 Å². The van der Waals surface area contributed by atoms with Crippen molar-refractivity contribution in [3.8, 4) is 6.07 Å². The third-order valence-corrected chi connectivity index (χ3v) is 3.21. The van der Waals surface area contributed by atoms with Gasteiger partial charge in [0.25, 0.3) is 10.0 Å². The monoisotopic (exact) mass is 252 g/mol. The van der Waals surface area contributed by atoms with Gasteiger partial charge in [0.1, 0.15) is 11.6 Å². The summed E-state index contributed by atoms with van der Waals surface area (Å²) in [5.41, 5.74) is 0.149. The van der Waals surface area contributed by atoms with Crippen molar-refractivity contribution < 1.29 is 8.42 Å². The van der Waals surface area contributed by atoms with E-state index in [9.17, 15) is 8.42 Å². The third-order valence-electron chi connectivity index (χ3n) is 1.94. The summed E-state index contributed by atoms with van der Waals surface area (Å²) in [7, 11) is -2.19. The summed E-state index contributed by atoms with van der Waals surface area (Å²) in [5.74, 6) is -0.00963. The summed E-state index contributed by atoms with van der Waals surface area (Å²) in [6, 6.07) is 1.85. The van der Waals surface area contributed by atoms with Crippen molar-refractivity contribution in [2.75, 3.05) is 4.72 Å². The molecule has 0 aliphatic heterocycles. The van der Waals surface area contributed by atoms with Crippen LogP contribution < -0.4 is 4.72 Å². The van der Waals surface area contributed by atoms with Gasteiger partial charge in [-0.1, -0.05) is 0 Å². The molecule has 0 aliphatic rings. The molecule has 0 saturated carbocycles. The van der Waals surface area contributed by atoms with Gasteiger partial charge < -0.3 is 4.98 Å². The molecule has 0 unspecified atom stereocenters. The summed E-state index contributed by atoms with van der Waals surface area (Å²) in [5, 5.41) is 12.6. The maximum atomic E-state index is 11.8. The van der Waals surface area contributed by atoms with E-state index in [1.807, 2.05) is 6.07 Å². The first kappa shape index (κ1) is 11.2. The number of aryl methyl sites for hydroxylation is 1. The number of imidazole rings is 1. The molecule has 88 valence electrons. The lowest BCUT2D eigenvalue weighted by Gasteiger charge is -2.02. The molecule has 0 saturated heterocycles. The van der Waals surface area contributed by atoms with Crippen LogP contribution in [0.4, 0.5) is 5.82 Å². The Morgan fingerprint density at radius 1 is 1.59 bits per heavy atom. The molecule has 0 aromatic carbocycles. The highest BCUT2D eigenvalue weighted by atomic mass is 32.2. The SMILES string of the molecule is Cn1cc(C#N)c(NS(=O)(=O)c2cnc[nH]2)n1. The Balaban J connectivity index is 2.37. The van der Waals surface area contributed by atoms with Gasteiger partial charge in [0, 0.05) is 13.2 Å². The second-order valence-electron chi connectivity index (χ2n) is 3.20. The first-order chi connectivity index (χ1) is 8.03. The van der Waals surface area contributed by atoms with E-state index >= 15 is 0 Å². The lowest BCUT2D eigenvalue weighted by atomic mass is 10.4. The standard InChI is InChI=1S/C8H8N6O2S/c1-14-4-6(2-9)8(12-14)13-17(15,16)7-3-10-5-11-7/h3-5H,1H3,(H,10,11)(H,12,13). The molecule has 0 atom stereocenters. The molecule has 0 fully saturated rings. The second kappa shape index (κ2) is 3.91. The topological polar surface area (TPSA) is 116 Å². The Bertz CT molecular complexity index is 663. The predicted octanol–water partition coefficient (Wildman–Crippen LogP) is -0.184. The molecule has 0 bridgehead atoms.